The topological polar surface area (TPSA) is 121 Å². The molecule has 9 nitrogen and oxygen atoms in total. The molecule has 182 valence electrons. The molecule has 2 aliphatic rings. The molecule has 2 atom stereocenters. The van der Waals surface area contributed by atoms with Crippen molar-refractivity contribution in [1.82, 2.24) is 30.0 Å². The number of pyridine rings is 1. The van der Waals surface area contributed by atoms with Crippen molar-refractivity contribution in [3.63, 3.8) is 0 Å². The van der Waals surface area contributed by atoms with E-state index in [1.165, 1.54) is 6.07 Å². The van der Waals surface area contributed by atoms with Gasteiger partial charge in [0.2, 0.25) is 11.9 Å². The first-order chi connectivity index (χ1) is 17.3. The van der Waals surface area contributed by atoms with Crippen LogP contribution in [0.5, 0.6) is 0 Å². The summed E-state index contributed by atoms with van der Waals surface area (Å²) in [5, 5.41) is 21.5. The van der Waals surface area contributed by atoms with E-state index >= 15 is 0 Å². The standard InChI is InChI=1S/C25H22BrFN8O/c1-24(22(36)33-25(13-28)6-7-25)5-4-15(11-24)31-23-30-12-17-20(26)34-35(21(17)32-23)16-9-14-3-2-8-29-19(14)18(27)10-16/h2-3,8-10,12,15H,4-7,11H2,1H3,(H,33,36)(H,30,31,32)/t15-,24?/m1/s1. The van der Waals surface area contributed by atoms with E-state index in [0.29, 0.717) is 63.9 Å². The first-order valence-electron chi connectivity index (χ1n) is 11.8. The lowest BCUT2D eigenvalue weighted by molar-refractivity contribution is -0.130. The van der Waals surface area contributed by atoms with Gasteiger partial charge in [0, 0.05) is 35.3 Å². The van der Waals surface area contributed by atoms with Crippen molar-refractivity contribution in [2.45, 2.75) is 50.6 Å². The van der Waals surface area contributed by atoms with Gasteiger partial charge in [0.05, 0.1) is 17.1 Å². The average molecular weight is 549 g/mol. The molecule has 4 aromatic rings. The molecule has 0 aliphatic heterocycles. The molecular weight excluding hydrogens is 527 g/mol. The molecule has 2 aliphatic carbocycles. The maximum atomic E-state index is 14.7. The molecule has 11 heteroatoms. The number of hydrogen-bond donors (Lipinski definition) is 2. The first-order valence-corrected chi connectivity index (χ1v) is 12.5. The predicted octanol–water partition coefficient (Wildman–Crippen LogP) is 4.41. The predicted molar refractivity (Wildman–Crippen MR) is 135 cm³/mol. The molecule has 36 heavy (non-hydrogen) atoms. The van der Waals surface area contributed by atoms with E-state index in [1.54, 1.807) is 29.2 Å². The zero-order valence-corrected chi connectivity index (χ0v) is 21.0. The number of fused-ring (bicyclic) bond motifs is 2. The molecule has 3 aromatic heterocycles. The van der Waals surface area contributed by atoms with E-state index in [4.69, 9.17) is 0 Å². The fourth-order valence-electron chi connectivity index (χ4n) is 4.88. The van der Waals surface area contributed by atoms with Gasteiger partial charge in [-0.25, -0.2) is 14.1 Å². The quantitative estimate of drug-likeness (QED) is 0.378. The molecule has 0 saturated heterocycles. The van der Waals surface area contributed by atoms with E-state index in [-0.39, 0.29) is 11.9 Å². The van der Waals surface area contributed by atoms with Gasteiger partial charge in [0.15, 0.2) is 11.5 Å². The summed E-state index contributed by atoms with van der Waals surface area (Å²) in [6.07, 6.45) is 6.73. The maximum Gasteiger partial charge on any atom is 0.227 e. The van der Waals surface area contributed by atoms with Crippen molar-refractivity contribution in [1.29, 1.82) is 5.26 Å². The Balaban J connectivity index is 1.26. The van der Waals surface area contributed by atoms with Crippen molar-refractivity contribution in [2.75, 3.05) is 5.32 Å². The van der Waals surface area contributed by atoms with Gasteiger partial charge in [-0.2, -0.15) is 15.3 Å². The summed E-state index contributed by atoms with van der Waals surface area (Å²) in [5.74, 6) is -0.107. The lowest BCUT2D eigenvalue weighted by atomic mass is 9.87. The van der Waals surface area contributed by atoms with E-state index in [0.717, 1.165) is 6.42 Å². The minimum Gasteiger partial charge on any atom is -0.351 e. The highest BCUT2D eigenvalue weighted by Gasteiger charge is 2.49. The number of anilines is 1. The van der Waals surface area contributed by atoms with Gasteiger partial charge in [-0.15, -0.1) is 0 Å². The maximum absolute atomic E-state index is 14.7. The number of hydrogen-bond acceptors (Lipinski definition) is 7. The summed E-state index contributed by atoms with van der Waals surface area (Å²) in [6, 6.07) is 8.98. The number of rotatable bonds is 5. The molecule has 2 N–H and O–H groups in total. The molecular formula is C25H22BrFN8O. The van der Waals surface area contributed by atoms with Crippen LogP contribution < -0.4 is 10.6 Å². The minimum atomic E-state index is -0.677. The highest BCUT2D eigenvalue weighted by molar-refractivity contribution is 9.10. The number of nitrogens with zero attached hydrogens (tertiary/aromatic N) is 6. The second-order valence-electron chi connectivity index (χ2n) is 9.93. The van der Waals surface area contributed by atoms with Gasteiger partial charge in [0.1, 0.15) is 15.7 Å². The summed E-state index contributed by atoms with van der Waals surface area (Å²) in [5.41, 5.74) is 0.0964. The van der Waals surface area contributed by atoms with Crippen LogP contribution in [-0.4, -0.2) is 42.2 Å². The van der Waals surface area contributed by atoms with Gasteiger partial charge < -0.3 is 10.6 Å². The largest absolute Gasteiger partial charge is 0.351 e. The Morgan fingerprint density at radius 1 is 1.31 bits per heavy atom. The molecule has 0 bridgehead atoms. The van der Waals surface area contributed by atoms with E-state index in [9.17, 15) is 14.4 Å². The van der Waals surface area contributed by atoms with Crippen molar-refractivity contribution >= 4 is 49.7 Å². The third-order valence-corrected chi connectivity index (χ3v) is 7.79. The van der Waals surface area contributed by atoms with Crippen LogP contribution in [0.15, 0.2) is 41.3 Å². The first kappa shape index (κ1) is 22.8. The Morgan fingerprint density at radius 3 is 2.92 bits per heavy atom. The smallest absolute Gasteiger partial charge is 0.227 e. The van der Waals surface area contributed by atoms with Crippen LogP contribution in [0.4, 0.5) is 10.3 Å². The third kappa shape index (κ3) is 3.86. The summed E-state index contributed by atoms with van der Waals surface area (Å²) in [4.78, 5) is 26.2. The molecule has 6 rings (SSSR count). The van der Waals surface area contributed by atoms with E-state index < -0.39 is 16.8 Å². The number of nitrogens with one attached hydrogen (secondary N) is 2. The monoisotopic (exact) mass is 548 g/mol. The highest BCUT2D eigenvalue weighted by atomic mass is 79.9. The van der Waals surface area contributed by atoms with Gasteiger partial charge in [-0.1, -0.05) is 13.0 Å². The molecule has 1 amide bonds. The summed E-state index contributed by atoms with van der Waals surface area (Å²) < 4.78 is 16.9. The van der Waals surface area contributed by atoms with Crippen LogP contribution in [0.2, 0.25) is 0 Å². The lowest BCUT2D eigenvalue weighted by Gasteiger charge is -2.25. The zero-order chi connectivity index (χ0) is 25.1. The second-order valence-corrected chi connectivity index (χ2v) is 10.7. The van der Waals surface area contributed by atoms with Crippen molar-refractivity contribution in [3.8, 4) is 11.8 Å². The van der Waals surface area contributed by atoms with Crippen molar-refractivity contribution < 1.29 is 9.18 Å². The van der Waals surface area contributed by atoms with Crippen molar-refractivity contribution in [2.24, 2.45) is 5.41 Å². The van der Waals surface area contributed by atoms with Crippen LogP contribution in [-0.2, 0) is 4.79 Å². The van der Waals surface area contributed by atoms with E-state index in [1.807, 2.05) is 13.0 Å². The van der Waals surface area contributed by atoms with Crippen LogP contribution >= 0.6 is 15.9 Å². The van der Waals surface area contributed by atoms with Gasteiger partial charge in [0.25, 0.3) is 0 Å². The Kier molecular flexibility index (Phi) is 5.19. The lowest BCUT2D eigenvalue weighted by Crippen LogP contribution is -2.44. The number of benzene rings is 1. The van der Waals surface area contributed by atoms with Crippen LogP contribution in [0, 0.1) is 22.6 Å². The average Bonchev–Trinajstić information content (AvgIpc) is 3.43. The molecule has 0 spiro atoms. The van der Waals surface area contributed by atoms with Gasteiger partial charge in [-0.3, -0.25) is 9.78 Å². The molecule has 1 aromatic carbocycles. The Morgan fingerprint density at radius 2 is 2.14 bits per heavy atom. The van der Waals surface area contributed by atoms with E-state index in [2.05, 4.69) is 52.7 Å². The molecule has 2 fully saturated rings. The number of carbonyl (C=O) groups excluding carboxylic acids is 1. The van der Waals surface area contributed by atoms with Crippen molar-refractivity contribution in [3.05, 3.63) is 47.1 Å². The molecule has 3 heterocycles. The number of nitriles is 1. The minimum absolute atomic E-state index is 0.000520. The Bertz CT molecular complexity index is 1580. The Labute approximate surface area is 214 Å². The second kappa shape index (κ2) is 8.20. The summed E-state index contributed by atoms with van der Waals surface area (Å²) >= 11 is 3.46. The van der Waals surface area contributed by atoms with Crippen LogP contribution in [0.25, 0.3) is 27.6 Å². The van der Waals surface area contributed by atoms with Crippen LogP contribution in [0.1, 0.15) is 39.0 Å². The van der Waals surface area contributed by atoms with Crippen LogP contribution in [0.3, 0.4) is 0 Å². The molecule has 2 saturated carbocycles. The third-order valence-electron chi connectivity index (χ3n) is 7.21. The highest BCUT2D eigenvalue weighted by Crippen LogP contribution is 2.42. The summed E-state index contributed by atoms with van der Waals surface area (Å²) in [7, 11) is 0. The molecule has 1 unspecified atom stereocenters. The fraction of sp³-hybridized carbons (Fsp3) is 0.360. The number of carbonyl (C=O) groups is 1. The zero-order valence-electron chi connectivity index (χ0n) is 19.4. The number of aromatic nitrogens is 5. The SMILES string of the molecule is CC1(C(=O)NC2(C#N)CC2)CC[C@@H](Nc2ncc3c(Br)nn(-c4cc(F)c5ncccc5c4)c3n2)C1. The normalized spacial score (nSPS) is 22.4. The fourth-order valence-corrected chi connectivity index (χ4v) is 5.32. The van der Waals surface area contributed by atoms with Gasteiger partial charge in [-0.05, 0) is 60.2 Å². The van der Waals surface area contributed by atoms with Gasteiger partial charge >= 0.3 is 0 Å². The number of halogens is 2. The molecule has 0 radical (unpaired) electrons. The number of amides is 1. The summed E-state index contributed by atoms with van der Waals surface area (Å²) in [6.45, 7) is 1.94. The Hall–Kier alpha value is -3.65.